The van der Waals surface area contributed by atoms with Gasteiger partial charge in [-0.15, -0.1) is 0 Å². The second kappa shape index (κ2) is 9.34. The SMILES string of the molecule is C/C=C/C(=O)N1CCN(C(=O)OC2c3ccccc3C(=O)N2c2ccc3ccc(Cl)nc3n2)CC1. The van der Waals surface area contributed by atoms with Gasteiger partial charge in [-0.05, 0) is 43.3 Å². The Morgan fingerprint density at radius 1 is 1.00 bits per heavy atom. The zero-order valence-electron chi connectivity index (χ0n) is 18.9. The van der Waals surface area contributed by atoms with E-state index < -0.39 is 12.3 Å². The van der Waals surface area contributed by atoms with Gasteiger partial charge in [0.25, 0.3) is 5.91 Å². The quantitative estimate of drug-likeness (QED) is 0.408. The Morgan fingerprint density at radius 3 is 2.49 bits per heavy atom. The van der Waals surface area contributed by atoms with Crippen LogP contribution in [0.1, 0.15) is 29.1 Å². The fourth-order valence-electron chi connectivity index (χ4n) is 4.25. The van der Waals surface area contributed by atoms with Crippen molar-refractivity contribution in [3.63, 3.8) is 0 Å². The Labute approximate surface area is 206 Å². The molecule has 1 aromatic carbocycles. The van der Waals surface area contributed by atoms with Crippen molar-refractivity contribution in [3.05, 3.63) is 77.0 Å². The van der Waals surface area contributed by atoms with Crippen LogP contribution in [0.25, 0.3) is 11.0 Å². The zero-order chi connectivity index (χ0) is 24.5. The van der Waals surface area contributed by atoms with Crippen LogP contribution in [-0.4, -0.2) is 63.9 Å². The number of carbonyl (C=O) groups is 3. The monoisotopic (exact) mass is 491 g/mol. The van der Waals surface area contributed by atoms with E-state index in [1.54, 1.807) is 66.4 Å². The number of allylic oxidation sites excluding steroid dienone is 1. The van der Waals surface area contributed by atoms with Crippen LogP contribution in [0.2, 0.25) is 5.15 Å². The lowest BCUT2D eigenvalue weighted by Gasteiger charge is -2.35. The predicted molar refractivity (Wildman–Crippen MR) is 130 cm³/mol. The van der Waals surface area contributed by atoms with Crippen LogP contribution in [0, 0.1) is 0 Å². The molecule has 2 aliphatic rings. The molecular formula is C25H22ClN5O4. The summed E-state index contributed by atoms with van der Waals surface area (Å²) in [6, 6.07) is 13.9. The third-order valence-electron chi connectivity index (χ3n) is 6.03. The molecule has 2 aromatic heterocycles. The summed E-state index contributed by atoms with van der Waals surface area (Å²) in [6.45, 7) is 3.26. The number of ether oxygens (including phenoxy) is 1. The van der Waals surface area contributed by atoms with Gasteiger partial charge in [0.05, 0.1) is 0 Å². The van der Waals surface area contributed by atoms with E-state index in [9.17, 15) is 14.4 Å². The van der Waals surface area contributed by atoms with Crippen molar-refractivity contribution in [2.45, 2.75) is 13.2 Å². The minimum absolute atomic E-state index is 0.0851. The summed E-state index contributed by atoms with van der Waals surface area (Å²) < 4.78 is 5.88. The Bertz CT molecular complexity index is 1350. The van der Waals surface area contributed by atoms with Crippen LogP contribution >= 0.6 is 11.6 Å². The van der Waals surface area contributed by atoms with Crippen LogP contribution in [-0.2, 0) is 9.53 Å². The summed E-state index contributed by atoms with van der Waals surface area (Å²) in [4.78, 5) is 51.9. The second-order valence-corrected chi connectivity index (χ2v) is 8.55. The molecule has 10 heteroatoms. The number of piperazine rings is 1. The first kappa shape index (κ1) is 22.8. The number of nitrogens with zero attached hydrogens (tertiary/aromatic N) is 5. The van der Waals surface area contributed by atoms with E-state index in [4.69, 9.17) is 16.3 Å². The molecule has 0 spiro atoms. The number of fused-ring (bicyclic) bond motifs is 2. The van der Waals surface area contributed by atoms with Gasteiger partial charge in [-0.1, -0.05) is 35.9 Å². The molecule has 0 saturated carbocycles. The second-order valence-electron chi connectivity index (χ2n) is 8.16. The van der Waals surface area contributed by atoms with Crippen LogP contribution in [0.15, 0.2) is 60.7 Å². The molecule has 0 aliphatic carbocycles. The van der Waals surface area contributed by atoms with E-state index in [2.05, 4.69) is 9.97 Å². The van der Waals surface area contributed by atoms with E-state index in [-0.39, 0.29) is 17.0 Å². The Balaban J connectivity index is 1.41. The Kier molecular flexibility index (Phi) is 6.08. The number of hydrogen-bond acceptors (Lipinski definition) is 6. The van der Waals surface area contributed by atoms with Crippen molar-refractivity contribution >= 4 is 46.4 Å². The molecule has 3 amide bonds. The van der Waals surface area contributed by atoms with Gasteiger partial charge in [0.15, 0.2) is 5.65 Å². The van der Waals surface area contributed by atoms with Crippen LogP contribution < -0.4 is 4.90 Å². The van der Waals surface area contributed by atoms with Gasteiger partial charge in [0.1, 0.15) is 11.0 Å². The van der Waals surface area contributed by atoms with E-state index in [1.165, 1.54) is 15.9 Å². The summed E-state index contributed by atoms with van der Waals surface area (Å²) >= 11 is 6.03. The van der Waals surface area contributed by atoms with Gasteiger partial charge >= 0.3 is 6.09 Å². The number of benzene rings is 1. The molecule has 1 atom stereocenters. The molecule has 1 unspecified atom stereocenters. The Morgan fingerprint density at radius 2 is 1.71 bits per heavy atom. The third-order valence-corrected chi connectivity index (χ3v) is 6.24. The predicted octanol–water partition coefficient (Wildman–Crippen LogP) is 3.80. The molecule has 1 fully saturated rings. The van der Waals surface area contributed by atoms with Gasteiger partial charge in [0, 0.05) is 42.7 Å². The summed E-state index contributed by atoms with van der Waals surface area (Å²) in [7, 11) is 0. The summed E-state index contributed by atoms with van der Waals surface area (Å²) in [6.07, 6.45) is 1.64. The molecule has 0 bridgehead atoms. The van der Waals surface area contributed by atoms with E-state index in [1.807, 2.05) is 0 Å². The number of hydrogen-bond donors (Lipinski definition) is 0. The van der Waals surface area contributed by atoms with Crippen molar-refractivity contribution in [2.75, 3.05) is 31.1 Å². The maximum atomic E-state index is 13.3. The van der Waals surface area contributed by atoms with Gasteiger partial charge in [-0.3, -0.25) is 14.5 Å². The molecule has 0 N–H and O–H groups in total. The highest BCUT2D eigenvalue weighted by Gasteiger charge is 2.42. The molecule has 35 heavy (non-hydrogen) atoms. The molecule has 1 saturated heterocycles. The number of pyridine rings is 2. The fourth-order valence-corrected chi connectivity index (χ4v) is 4.39. The largest absolute Gasteiger partial charge is 0.420 e. The third kappa shape index (κ3) is 4.30. The van der Waals surface area contributed by atoms with Gasteiger partial charge in [0.2, 0.25) is 12.1 Å². The highest BCUT2D eigenvalue weighted by Crippen LogP contribution is 2.38. The van der Waals surface area contributed by atoms with Gasteiger partial charge in [-0.2, -0.15) is 0 Å². The summed E-state index contributed by atoms with van der Waals surface area (Å²) in [5.74, 6) is -0.111. The normalized spacial score (nSPS) is 17.8. The number of aromatic nitrogens is 2. The van der Waals surface area contributed by atoms with Crippen LogP contribution in [0.4, 0.5) is 10.6 Å². The number of anilines is 1. The van der Waals surface area contributed by atoms with Gasteiger partial charge in [-0.25, -0.2) is 14.8 Å². The molecule has 0 radical (unpaired) electrons. The highest BCUT2D eigenvalue weighted by molar-refractivity contribution is 6.29. The zero-order valence-corrected chi connectivity index (χ0v) is 19.7. The van der Waals surface area contributed by atoms with Crippen molar-refractivity contribution in [1.82, 2.24) is 19.8 Å². The van der Waals surface area contributed by atoms with Crippen molar-refractivity contribution in [3.8, 4) is 0 Å². The van der Waals surface area contributed by atoms with Crippen LogP contribution in [0.5, 0.6) is 0 Å². The average Bonchev–Trinajstić information content (AvgIpc) is 3.15. The lowest BCUT2D eigenvalue weighted by Crippen LogP contribution is -2.51. The lowest BCUT2D eigenvalue weighted by atomic mass is 10.1. The molecule has 4 heterocycles. The van der Waals surface area contributed by atoms with E-state index >= 15 is 0 Å². The molecule has 5 rings (SSSR count). The lowest BCUT2D eigenvalue weighted by molar-refractivity contribution is -0.127. The van der Waals surface area contributed by atoms with E-state index in [0.717, 1.165) is 5.39 Å². The summed E-state index contributed by atoms with van der Waals surface area (Å²) in [5, 5.41) is 1.05. The molecule has 178 valence electrons. The summed E-state index contributed by atoms with van der Waals surface area (Å²) in [5.41, 5.74) is 1.40. The first-order chi connectivity index (χ1) is 17.0. The van der Waals surface area contributed by atoms with Gasteiger partial charge < -0.3 is 14.5 Å². The molecule has 3 aromatic rings. The average molecular weight is 492 g/mol. The fraction of sp³-hybridized carbons (Fsp3) is 0.240. The molecule has 9 nitrogen and oxygen atoms in total. The maximum Gasteiger partial charge on any atom is 0.412 e. The molecule has 2 aliphatic heterocycles. The van der Waals surface area contributed by atoms with Crippen molar-refractivity contribution < 1.29 is 19.1 Å². The topological polar surface area (TPSA) is 95.9 Å². The van der Waals surface area contributed by atoms with Crippen molar-refractivity contribution in [1.29, 1.82) is 0 Å². The molecular weight excluding hydrogens is 470 g/mol. The minimum atomic E-state index is -0.988. The minimum Gasteiger partial charge on any atom is -0.420 e. The standard InChI is InChI=1S/C25H22ClN5O4/c1-2-5-21(32)29-12-14-30(15-13-29)25(34)35-24-18-7-4-3-6-17(18)23(33)31(24)20-11-9-16-8-10-19(26)27-22(16)28-20/h2-11,24H,12-15H2,1H3/b5-2+. The number of carbonyl (C=O) groups excluding carboxylic acids is 3. The van der Waals surface area contributed by atoms with Crippen LogP contribution in [0.3, 0.4) is 0 Å². The number of amides is 3. The smallest absolute Gasteiger partial charge is 0.412 e. The van der Waals surface area contributed by atoms with Crippen molar-refractivity contribution in [2.24, 2.45) is 0 Å². The first-order valence-corrected chi connectivity index (χ1v) is 11.6. The number of halogens is 1. The Hall–Kier alpha value is -3.98. The highest BCUT2D eigenvalue weighted by atomic mass is 35.5. The maximum absolute atomic E-state index is 13.3. The number of rotatable bonds is 3. The first-order valence-electron chi connectivity index (χ1n) is 11.2. The van der Waals surface area contributed by atoms with E-state index in [0.29, 0.717) is 48.8 Å².